The molecule has 0 radical (unpaired) electrons. The van der Waals surface area contributed by atoms with E-state index in [4.69, 9.17) is 4.98 Å². The molecule has 2 heterocycles. The van der Waals surface area contributed by atoms with Crippen molar-refractivity contribution in [2.45, 2.75) is 13.8 Å². The smallest absolute Gasteiger partial charge is 0.165 e. The zero-order chi connectivity index (χ0) is 16.4. The van der Waals surface area contributed by atoms with Gasteiger partial charge in [-0.15, -0.1) is 0 Å². The van der Waals surface area contributed by atoms with Crippen molar-refractivity contribution < 1.29 is 4.90 Å². The van der Waals surface area contributed by atoms with Crippen LogP contribution in [0.3, 0.4) is 0 Å². The first-order valence-electron chi connectivity index (χ1n) is 8.00. The molecule has 0 aliphatic rings. The van der Waals surface area contributed by atoms with E-state index in [0.717, 1.165) is 41.4 Å². The van der Waals surface area contributed by atoms with Gasteiger partial charge in [0.25, 0.3) is 0 Å². The summed E-state index contributed by atoms with van der Waals surface area (Å²) in [6, 6.07) is 10.5. The average Bonchev–Trinajstić information content (AvgIpc) is 2.91. The Balaban J connectivity index is 1.99. The van der Waals surface area contributed by atoms with Gasteiger partial charge >= 0.3 is 0 Å². The van der Waals surface area contributed by atoms with Crippen LogP contribution in [0.2, 0.25) is 0 Å². The molecule has 0 fully saturated rings. The van der Waals surface area contributed by atoms with E-state index in [-0.39, 0.29) is 0 Å². The minimum Gasteiger partial charge on any atom is -0.364 e. The summed E-state index contributed by atoms with van der Waals surface area (Å²) in [7, 11) is 4.30. The van der Waals surface area contributed by atoms with E-state index in [1.54, 1.807) is 0 Å². The largest absolute Gasteiger partial charge is 0.364 e. The SMILES string of the molecule is Cc1ccc(-c2cnn3c(NCC[NH+](C)C)cc(C)nc23)cc1. The van der Waals surface area contributed by atoms with Gasteiger partial charge in [-0.3, -0.25) is 0 Å². The summed E-state index contributed by atoms with van der Waals surface area (Å²) in [5, 5.41) is 8.01. The Kier molecular flexibility index (Phi) is 4.30. The van der Waals surface area contributed by atoms with Gasteiger partial charge in [0.15, 0.2) is 5.65 Å². The topological polar surface area (TPSA) is 46.7 Å². The number of likely N-dealkylation sites (N-methyl/N-ethyl adjacent to an activating group) is 1. The summed E-state index contributed by atoms with van der Waals surface area (Å²) in [6.07, 6.45) is 1.90. The second-order valence-corrected chi connectivity index (χ2v) is 6.33. The zero-order valence-electron chi connectivity index (χ0n) is 14.2. The van der Waals surface area contributed by atoms with Gasteiger partial charge in [0.2, 0.25) is 0 Å². The Hall–Kier alpha value is -2.40. The number of anilines is 1. The zero-order valence-corrected chi connectivity index (χ0v) is 14.2. The summed E-state index contributed by atoms with van der Waals surface area (Å²) in [5.41, 5.74) is 5.35. The fourth-order valence-corrected chi connectivity index (χ4v) is 2.59. The van der Waals surface area contributed by atoms with Crippen LogP contribution in [0, 0.1) is 13.8 Å². The minimum atomic E-state index is 0.897. The first-order valence-corrected chi connectivity index (χ1v) is 8.00. The Morgan fingerprint density at radius 3 is 2.57 bits per heavy atom. The van der Waals surface area contributed by atoms with Crippen molar-refractivity contribution in [3.63, 3.8) is 0 Å². The van der Waals surface area contributed by atoms with Crippen LogP contribution in [0.5, 0.6) is 0 Å². The molecule has 0 aliphatic heterocycles. The van der Waals surface area contributed by atoms with Crippen LogP contribution in [0.25, 0.3) is 16.8 Å². The highest BCUT2D eigenvalue weighted by Crippen LogP contribution is 2.25. The second-order valence-electron chi connectivity index (χ2n) is 6.33. The number of aryl methyl sites for hydroxylation is 2. The van der Waals surface area contributed by atoms with E-state index in [9.17, 15) is 0 Å². The van der Waals surface area contributed by atoms with Crippen molar-refractivity contribution in [2.24, 2.45) is 0 Å². The number of aromatic nitrogens is 3. The predicted octanol–water partition coefficient (Wildman–Crippen LogP) is 1.57. The van der Waals surface area contributed by atoms with Crippen molar-refractivity contribution in [1.29, 1.82) is 0 Å². The number of quaternary nitrogens is 1. The molecule has 0 amide bonds. The standard InChI is InChI=1S/C18H23N5/c1-13-5-7-15(8-6-13)16-12-20-23-17(19-9-10-22(3)4)11-14(2)21-18(16)23/h5-8,11-12,19H,9-10H2,1-4H3/p+1. The number of nitrogens with zero attached hydrogens (tertiary/aromatic N) is 3. The molecule has 2 N–H and O–H groups in total. The van der Waals surface area contributed by atoms with Gasteiger partial charge in [0.1, 0.15) is 5.82 Å². The third-order valence-corrected chi connectivity index (χ3v) is 3.89. The van der Waals surface area contributed by atoms with Gasteiger partial charge in [-0.25, -0.2) is 4.98 Å². The molecule has 0 unspecified atom stereocenters. The molecule has 2 aromatic heterocycles. The maximum atomic E-state index is 4.69. The van der Waals surface area contributed by atoms with E-state index in [1.165, 1.54) is 10.5 Å². The van der Waals surface area contributed by atoms with Crippen LogP contribution in [0.4, 0.5) is 5.82 Å². The third kappa shape index (κ3) is 3.35. The number of rotatable bonds is 5. The average molecular weight is 310 g/mol. The summed E-state index contributed by atoms with van der Waals surface area (Å²) in [6.45, 7) is 6.07. The van der Waals surface area contributed by atoms with Crippen LogP contribution in [0.15, 0.2) is 36.5 Å². The van der Waals surface area contributed by atoms with Gasteiger partial charge in [-0.05, 0) is 19.4 Å². The lowest BCUT2D eigenvalue weighted by molar-refractivity contribution is -0.856. The van der Waals surface area contributed by atoms with Gasteiger partial charge in [0.05, 0.1) is 33.4 Å². The summed E-state index contributed by atoms with van der Waals surface area (Å²) in [5.74, 6) is 0.993. The molecular formula is C18H24N5+. The van der Waals surface area contributed by atoms with Gasteiger partial charge in [0, 0.05) is 17.3 Å². The number of hydrogen-bond acceptors (Lipinski definition) is 3. The molecule has 0 spiro atoms. The lowest BCUT2D eigenvalue weighted by atomic mass is 10.1. The van der Waals surface area contributed by atoms with Gasteiger partial charge in [-0.1, -0.05) is 29.8 Å². The Morgan fingerprint density at radius 2 is 1.87 bits per heavy atom. The predicted molar refractivity (Wildman–Crippen MR) is 94.1 cm³/mol. The van der Waals surface area contributed by atoms with E-state index < -0.39 is 0 Å². The first-order chi connectivity index (χ1) is 11.0. The lowest BCUT2D eigenvalue weighted by Gasteiger charge is -2.11. The Labute approximate surface area is 137 Å². The first kappa shape index (κ1) is 15.5. The normalized spacial score (nSPS) is 11.3. The number of fused-ring (bicyclic) bond motifs is 1. The summed E-state index contributed by atoms with van der Waals surface area (Å²) < 4.78 is 1.90. The molecular weight excluding hydrogens is 286 g/mol. The van der Waals surface area contributed by atoms with Crippen LogP contribution in [-0.2, 0) is 0 Å². The molecule has 5 heteroatoms. The van der Waals surface area contributed by atoms with Crippen LogP contribution >= 0.6 is 0 Å². The molecule has 0 bridgehead atoms. The summed E-state index contributed by atoms with van der Waals surface area (Å²) in [4.78, 5) is 6.11. The maximum Gasteiger partial charge on any atom is 0.165 e. The van der Waals surface area contributed by atoms with Crippen LogP contribution in [0.1, 0.15) is 11.3 Å². The molecule has 3 rings (SSSR count). The number of benzene rings is 1. The molecule has 0 saturated carbocycles. The highest BCUT2D eigenvalue weighted by molar-refractivity contribution is 5.78. The van der Waals surface area contributed by atoms with Crippen molar-refractivity contribution in [1.82, 2.24) is 14.6 Å². The monoisotopic (exact) mass is 310 g/mol. The van der Waals surface area contributed by atoms with Crippen molar-refractivity contribution >= 4 is 11.5 Å². The Bertz CT molecular complexity index is 802. The molecule has 0 aliphatic carbocycles. The molecule has 120 valence electrons. The third-order valence-electron chi connectivity index (χ3n) is 3.89. The van der Waals surface area contributed by atoms with Crippen molar-refractivity contribution in [3.8, 4) is 11.1 Å². The number of hydrogen-bond donors (Lipinski definition) is 2. The molecule has 0 saturated heterocycles. The Morgan fingerprint density at radius 1 is 1.13 bits per heavy atom. The van der Waals surface area contributed by atoms with Crippen molar-refractivity contribution in [2.75, 3.05) is 32.5 Å². The quantitative estimate of drug-likeness (QED) is 0.752. The van der Waals surface area contributed by atoms with E-state index in [1.807, 2.05) is 23.7 Å². The van der Waals surface area contributed by atoms with Crippen LogP contribution < -0.4 is 10.2 Å². The fourth-order valence-electron chi connectivity index (χ4n) is 2.59. The number of nitrogens with one attached hydrogen (secondary N) is 2. The van der Waals surface area contributed by atoms with E-state index >= 15 is 0 Å². The molecule has 1 aromatic carbocycles. The summed E-state index contributed by atoms with van der Waals surface area (Å²) >= 11 is 0. The molecule has 3 aromatic rings. The highest BCUT2D eigenvalue weighted by Gasteiger charge is 2.12. The minimum absolute atomic E-state index is 0.897. The second kappa shape index (κ2) is 6.38. The molecule has 0 atom stereocenters. The van der Waals surface area contributed by atoms with Crippen LogP contribution in [-0.4, -0.2) is 41.8 Å². The van der Waals surface area contributed by atoms with E-state index in [2.05, 4.69) is 55.7 Å². The highest BCUT2D eigenvalue weighted by atomic mass is 15.3. The van der Waals surface area contributed by atoms with Gasteiger partial charge < -0.3 is 10.2 Å². The maximum absolute atomic E-state index is 4.69. The van der Waals surface area contributed by atoms with E-state index in [0.29, 0.717) is 0 Å². The molecule has 5 nitrogen and oxygen atoms in total. The fraction of sp³-hybridized carbons (Fsp3) is 0.333. The van der Waals surface area contributed by atoms with Gasteiger partial charge in [-0.2, -0.15) is 9.61 Å². The molecule has 23 heavy (non-hydrogen) atoms. The van der Waals surface area contributed by atoms with Crippen molar-refractivity contribution in [3.05, 3.63) is 47.8 Å². The lowest BCUT2D eigenvalue weighted by Crippen LogP contribution is -3.06.